The molecule has 0 bridgehead atoms. The molecule has 2 amide bonds. The Morgan fingerprint density at radius 1 is 1.25 bits per heavy atom. The van der Waals surface area contributed by atoms with Crippen LogP contribution in [0.5, 0.6) is 0 Å². The molecule has 20 heavy (non-hydrogen) atoms. The van der Waals surface area contributed by atoms with Crippen molar-refractivity contribution in [3.8, 4) is 0 Å². The van der Waals surface area contributed by atoms with Gasteiger partial charge in [0.1, 0.15) is 6.04 Å². The van der Waals surface area contributed by atoms with Crippen molar-refractivity contribution in [1.29, 1.82) is 0 Å². The summed E-state index contributed by atoms with van der Waals surface area (Å²) in [6.45, 7) is 0.0704. The van der Waals surface area contributed by atoms with Crippen LogP contribution in [0.1, 0.15) is 12.0 Å². The highest BCUT2D eigenvalue weighted by Gasteiger charge is 2.18. The highest BCUT2D eigenvalue weighted by Crippen LogP contribution is 2.09. The minimum atomic E-state index is -1.17. The summed E-state index contributed by atoms with van der Waals surface area (Å²) in [7, 11) is 0. The average Bonchev–Trinajstić information content (AvgIpc) is 2.40. The minimum Gasteiger partial charge on any atom is -0.480 e. The van der Waals surface area contributed by atoms with Gasteiger partial charge < -0.3 is 20.8 Å². The van der Waals surface area contributed by atoms with Gasteiger partial charge in [0.2, 0.25) is 0 Å². The molecule has 4 N–H and O–H groups in total. The fourth-order valence-corrected chi connectivity index (χ4v) is 1.69. The van der Waals surface area contributed by atoms with E-state index >= 15 is 0 Å². The molecule has 0 saturated heterocycles. The summed E-state index contributed by atoms with van der Waals surface area (Å²) in [6.07, 6.45) is 0.586. The molecule has 0 aliphatic heterocycles. The van der Waals surface area contributed by atoms with E-state index in [4.69, 9.17) is 21.8 Å². The summed E-state index contributed by atoms with van der Waals surface area (Å²) in [4.78, 5) is 22.3. The standard InChI is InChI=1S/C13H17ClN2O4/c14-10-3-1-9(2-4-10)5-7-15-13(20)16-11(6-8-17)12(18)19/h1-4,11,17H,5-8H2,(H,18,19)(H2,15,16,20)/t11-/m0/s1. The number of carbonyl (C=O) groups excluding carboxylic acids is 1. The van der Waals surface area contributed by atoms with Crippen LogP contribution >= 0.6 is 11.6 Å². The van der Waals surface area contributed by atoms with Gasteiger partial charge >= 0.3 is 12.0 Å². The van der Waals surface area contributed by atoms with Crippen LogP contribution in [0.3, 0.4) is 0 Å². The van der Waals surface area contributed by atoms with Crippen molar-refractivity contribution < 1.29 is 19.8 Å². The molecule has 1 aromatic carbocycles. The molecule has 7 heteroatoms. The molecule has 0 spiro atoms. The highest BCUT2D eigenvalue weighted by atomic mass is 35.5. The van der Waals surface area contributed by atoms with Gasteiger partial charge in [0.15, 0.2) is 0 Å². The number of aliphatic hydroxyl groups is 1. The largest absolute Gasteiger partial charge is 0.480 e. The third-order valence-electron chi connectivity index (χ3n) is 2.63. The van der Waals surface area contributed by atoms with Crippen LogP contribution in [-0.4, -0.2) is 41.4 Å². The van der Waals surface area contributed by atoms with Crippen molar-refractivity contribution in [3.63, 3.8) is 0 Å². The predicted octanol–water partition coefficient (Wildman–Crippen LogP) is 1.02. The lowest BCUT2D eigenvalue weighted by molar-refractivity contribution is -0.139. The molecule has 110 valence electrons. The van der Waals surface area contributed by atoms with Gasteiger partial charge in [-0.25, -0.2) is 9.59 Å². The van der Waals surface area contributed by atoms with Crippen molar-refractivity contribution >= 4 is 23.6 Å². The smallest absolute Gasteiger partial charge is 0.326 e. The maximum absolute atomic E-state index is 11.5. The van der Waals surface area contributed by atoms with Crippen molar-refractivity contribution in [2.24, 2.45) is 0 Å². The quantitative estimate of drug-likeness (QED) is 0.604. The van der Waals surface area contributed by atoms with Crippen LogP contribution in [0.4, 0.5) is 4.79 Å². The zero-order valence-corrected chi connectivity index (χ0v) is 11.6. The second kappa shape index (κ2) is 8.39. The van der Waals surface area contributed by atoms with Crippen LogP contribution < -0.4 is 10.6 Å². The molecular weight excluding hydrogens is 284 g/mol. The Morgan fingerprint density at radius 3 is 2.45 bits per heavy atom. The maximum atomic E-state index is 11.5. The number of benzene rings is 1. The Kier molecular flexibility index (Phi) is 6.83. The number of carbonyl (C=O) groups is 2. The zero-order chi connectivity index (χ0) is 15.0. The summed E-state index contributed by atoms with van der Waals surface area (Å²) < 4.78 is 0. The van der Waals surface area contributed by atoms with Gasteiger partial charge in [-0.2, -0.15) is 0 Å². The molecule has 1 rings (SSSR count). The molecule has 0 fully saturated rings. The average molecular weight is 301 g/mol. The first-order chi connectivity index (χ1) is 9.52. The molecule has 1 atom stereocenters. The van der Waals surface area contributed by atoms with Crippen LogP contribution in [0.2, 0.25) is 5.02 Å². The van der Waals surface area contributed by atoms with Crippen molar-refractivity contribution in [3.05, 3.63) is 34.9 Å². The second-order valence-corrected chi connectivity index (χ2v) is 4.62. The van der Waals surface area contributed by atoms with Gasteiger partial charge in [0.05, 0.1) is 0 Å². The van der Waals surface area contributed by atoms with Gasteiger partial charge in [0, 0.05) is 24.6 Å². The molecule has 1 aromatic rings. The highest BCUT2D eigenvalue weighted by molar-refractivity contribution is 6.30. The summed E-state index contributed by atoms with van der Waals surface area (Å²) in [5.41, 5.74) is 1.01. The minimum absolute atomic E-state index is 0.0278. The summed E-state index contributed by atoms with van der Waals surface area (Å²) in [5.74, 6) is -1.17. The SMILES string of the molecule is O=C(NCCc1ccc(Cl)cc1)N[C@@H](CCO)C(=O)O. The van der Waals surface area contributed by atoms with Crippen LogP contribution in [-0.2, 0) is 11.2 Å². The first-order valence-electron chi connectivity index (χ1n) is 6.15. The van der Waals surface area contributed by atoms with E-state index < -0.39 is 18.0 Å². The molecule has 0 radical (unpaired) electrons. The van der Waals surface area contributed by atoms with E-state index in [1.165, 1.54) is 0 Å². The lowest BCUT2D eigenvalue weighted by Crippen LogP contribution is -2.46. The molecule has 0 heterocycles. The molecule has 0 aromatic heterocycles. The van der Waals surface area contributed by atoms with Crippen molar-refractivity contribution in [1.82, 2.24) is 10.6 Å². The Hall–Kier alpha value is -1.79. The Bertz CT molecular complexity index is 450. The summed E-state index contributed by atoms with van der Waals surface area (Å²) >= 11 is 5.76. The first kappa shape index (κ1) is 16.3. The van der Waals surface area contributed by atoms with E-state index in [9.17, 15) is 9.59 Å². The lowest BCUT2D eigenvalue weighted by Gasteiger charge is -2.14. The number of rotatable bonds is 7. The van der Waals surface area contributed by atoms with Crippen molar-refractivity contribution in [2.45, 2.75) is 18.9 Å². The summed E-state index contributed by atoms with van der Waals surface area (Å²) in [6, 6.07) is 5.58. The van der Waals surface area contributed by atoms with Crippen molar-refractivity contribution in [2.75, 3.05) is 13.2 Å². The number of aliphatic carboxylic acids is 1. The van der Waals surface area contributed by atoms with Gasteiger partial charge in [-0.15, -0.1) is 0 Å². The van der Waals surface area contributed by atoms with Crippen LogP contribution in [0.15, 0.2) is 24.3 Å². The number of carboxylic acid groups (broad SMARTS) is 1. The zero-order valence-electron chi connectivity index (χ0n) is 10.8. The lowest BCUT2D eigenvalue weighted by atomic mass is 10.1. The fourth-order valence-electron chi connectivity index (χ4n) is 1.57. The third kappa shape index (κ3) is 5.90. The topological polar surface area (TPSA) is 98.7 Å². The second-order valence-electron chi connectivity index (χ2n) is 4.18. The van der Waals surface area contributed by atoms with Gasteiger partial charge in [-0.1, -0.05) is 23.7 Å². The van der Waals surface area contributed by atoms with Crippen LogP contribution in [0.25, 0.3) is 0 Å². The van der Waals surface area contributed by atoms with E-state index in [0.717, 1.165) is 5.56 Å². The Balaban J connectivity index is 2.32. The Morgan fingerprint density at radius 2 is 1.90 bits per heavy atom. The number of hydrogen-bond acceptors (Lipinski definition) is 3. The number of nitrogens with one attached hydrogen (secondary N) is 2. The van der Waals surface area contributed by atoms with Gasteiger partial charge in [-0.3, -0.25) is 0 Å². The van der Waals surface area contributed by atoms with Gasteiger partial charge in [-0.05, 0) is 24.1 Å². The van der Waals surface area contributed by atoms with E-state index in [1.807, 2.05) is 12.1 Å². The summed E-state index contributed by atoms with van der Waals surface area (Å²) in [5, 5.41) is 23.0. The normalized spacial score (nSPS) is 11.7. The predicted molar refractivity (Wildman–Crippen MR) is 74.8 cm³/mol. The number of hydrogen-bond donors (Lipinski definition) is 4. The van der Waals surface area contributed by atoms with E-state index in [0.29, 0.717) is 18.0 Å². The molecule has 0 saturated carbocycles. The van der Waals surface area contributed by atoms with E-state index in [-0.39, 0.29) is 13.0 Å². The van der Waals surface area contributed by atoms with Crippen LogP contribution in [0, 0.1) is 0 Å². The molecule has 0 unspecified atom stereocenters. The number of aliphatic hydroxyl groups excluding tert-OH is 1. The molecule has 0 aliphatic rings. The van der Waals surface area contributed by atoms with Gasteiger partial charge in [0.25, 0.3) is 0 Å². The molecular formula is C13H17ClN2O4. The number of amides is 2. The van der Waals surface area contributed by atoms with E-state index in [2.05, 4.69) is 10.6 Å². The Labute approximate surface area is 121 Å². The first-order valence-corrected chi connectivity index (χ1v) is 6.53. The number of halogens is 1. The number of urea groups is 1. The number of carboxylic acids is 1. The monoisotopic (exact) mass is 300 g/mol. The molecule has 6 nitrogen and oxygen atoms in total. The van der Waals surface area contributed by atoms with E-state index in [1.54, 1.807) is 12.1 Å². The fraction of sp³-hybridized carbons (Fsp3) is 0.385. The maximum Gasteiger partial charge on any atom is 0.326 e. The third-order valence-corrected chi connectivity index (χ3v) is 2.89. The molecule has 0 aliphatic carbocycles.